The molecular weight excluding hydrogens is 240 g/mol. The molecule has 0 unspecified atom stereocenters. The van der Waals surface area contributed by atoms with Gasteiger partial charge in [-0.2, -0.15) is 10.4 Å². The van der Waals surface area contributed by atoms with Crippen molar-refractivity contribution in [3.63, 3.8) is 0 Å². The number of aromatic amines is 1. The third-order valence-corrected chi connectivity index (χ3v) is 2.45. The Hall–Kier alpha value is -2.87. The van der Waals surface area contributed by atoms with E-state index in [0.29, 0.717) is 12.1 Å². The van der Waals surface area contributed by atoms with Gasteiger partial charge < -0.3 is 5.32 Å². The first-order valence-electron chi connectivity index (χ1n) is 5.72. The Bertz CT molecular complexity index is 623. The average molecular weight is 252 g/mol. The Labute approximate surface area is 110 Å². The number of nitrogens with zero attached hydrogens (tertiary/aromatic N) is 2. The molecule has 2 aromatic rings. The summed E-state index contributed by atoms with van der Waals surface area (Å²) in [7, 11) is 0. The molecular formula is C14H12N4O. The maximum atomic E-state index is 11.6. The van der Waals surface area contributed by atoms with Crippen LogP contribution in [0.4, 0.5) is 0 Å². The van der Waals surface area contributed by atoms with Crippen LogP contribution in [0.5, 0.6) is 0 Å². The van der Waals surface area contributed by atoms with Crippen LogP contribution in [0.15, 0.2) is 42.6 Å². The molecule has 0 saturated carbocycles. The molecule has 2 rings (SSSR count). The van der Waals surface area contributed by atoms with Crippen LogP contribution in [0.1, 0.15) is 16.8 Å². The van der Waals surface area contributed by atoms with Gasteiger partial charge in [0.05, 0.1) is 23.9 Å². The summed E-state index contributed by atoms with van der Waals surface area (Å²) >= 11 is 0. The molecule has 2 N–H and O–H groups in total. The van der Waals surface area contributed by atoms with E-state index in [1.165, 1.54) is 6.08 Å². The molecule has 0 bridgehead atoms. The first-order valence-corrected chi connectivity index (χ1v) is 5.72. The van der Waals surface area contributed by atoms with Gasteiger partial charge in [0.1, 0.15) is 0 Å². The molecule has 5 heteroatoms. The van der Waals surface area contributed by atoms with E-state index in [-0.39, 0.29) is 5.91 Å². The van der Waals surface area contributed by atoms with Gasteiger partial charge in [0.15, 0.2) is 0 Å². The average Bonchev–Trinajstić information content (AvgIpc) is 2.96. The SMILES string of the molecule is N#Cc1cccc(C=CC(=O)NCc2ccn[nH]2)c1. The molecule has 1 aromatic heterocycles. The molecule has 1 amide bonds. The fourth-order valence-electron chi connectivity index (χ4n) is 1.51. The maximum absolute atomic E-state index is 11.6. The zero-order chi connectivity index (χ0) is 13.5. The summed E-state index contributed by atoms with van der Waals surface area (Å²) in [6, 6.07) is 10.9. The number of carbonyl (C=O) groups excluding carboxylic acids is 1. The molecule has 0 aliphatic heterocycles. The number of amides is 1. The lowest BCUT2D eigenvalue weighted by atomic mass is 10.1. The van der Waals surface area contributed by atoms with E-state index in [9.17, 15) is 4.79 Å². The second kappa shape index (κ2) is 6.17. The summed E-state index contributed by atoms with van der Waals surface area (Å²) in [5.41, 5.74) is 2.23. The zero-order valence-corrected chi connectivity index (χ0v) is 10.1. The van der Waals surface area contributed by atoms with Gasteiger partial charge in [0.2, 0.25) is 5.91 Å². The monoisotopic (exact) mass is 252 g/mol. The van der Waals surface area contributed by atoms with Crippen molar-refractivity contribution in [3.8, 4) is 6.07 Å². The van der Waals surface area contributed by atoms with E-state index in [2.05, 4.69) is 21.6 Å². The summed E-state index contributed by atoms with van der Waals surface area (Å²) in [5, 5.41) is 18.0. The first kappa shape index (κ1) is 12.6. The molecule has 0 spiro atoms. The molecule has 19 heavy (non-hydrogen) atoms. The van der Waals surface area contributed by atoms with Gasteiger partial charge in [-0.25, -0.2) is 0 Å². The fourth-order valence-corrected chi connectivity index (χ4v) is 1.51. The molecule has 94 valence electrons. The van der Waals surface area contributed by atoms with Crippen molar-refractivity contribution in [2.75, 3.05) is 0 Å². The molecule has 1 heterocycles. The predicted molar refractivity (Wildman–Crippen MR) is 70.6 cm³/mol. The standard InChI is InChI=1S/C14H12N4O/c15-9-12-3-1-2-11(8-12)4-5-14(19)16-10-13-6-7-17-18-13/h1-8H,10H2,(H,16,19)(H,17,18). The van der Waals surface area contributed by atoms with E-state index >= 15 is 0 Å². The minimum atomic E-state index is -0.197. The number of carbonyl (C=O) groups is 1. The minimum absolute atomic E-state index is 0.197. The topological polar surface area (TPSA) is 81.6 Å². The van der Waals surface area contributed by atoms with Gasteiger partial charge in [0.25, 0.3) is 0 Å². The summed E-state index contributed by atoms with van der Waals surface area (Å²) in [6.07, 6.45) is 4.74. The number of rotatable bonds is 4. The van der Waals surface area contributed by atoms with Gasteiger partial charge >= 0.3 is 0 Å². The van der Waals surface area contributed by atoms with Crippen LogP contribution in [-0.2, 0) is 11.3 Å². The highest BCUT2D eigenvalue weighted by Crippen LogP contribution is 2.05. The fraction of sp³-hybridized carbons (Fsp3) is 0.0714. The van der Waals surface area contributed by atoms with Crippen molar-refractivity contribution >= 4 is 12.0 Å². The van der Waals surface area contributed by atoms with E-state index < -0.39 is 0 Å². The molecule has 1 aromatic carbocycles. The van der Waals surface area contributed by atoms with Gasteiger partial charge in [-0.05, 0) is 29.8 Å². The summed E-state index contributed by atoms with van der Waals surface area (Å²) < 4.78 is 0. The summed E-state index contributed by atoms with van der Waals surface area (Å²) in [6.45, 7) is 0.404. The smallest absolute Gasteiger partial charge is 0.244 e. The van der Waals surface area contributed by atoms with E-state index in [1.807, 2.05) is 6.07 Å². The van der Waals surface area contributed by atoms with Crippen LogP contribution in [0.25, 0.3) is 6.08 Å². The Morgan fingerprint density at radius 1 is 1.47 bits per heavy atom. The lowest BCUT2D eigenvalue weighted by Gasteiger charge is -1.99. The van der Waals surface area contributed by atoms with E-state index in [1.54, 1.807) is 36.5 Å². The highest BCUT2D eigenvalue weighted by Gasteiger charge is 1.97. The van der Waals surface area contributed by atoms with E-state index in [4.69, 9.17) is 5.26 Å². The van der Waals surface area contributed by atoms with Gasteiger partial charge in [-0.3, -0.25) is 9.89 Å². The normalized spacial score (nSPS) is 10.3. The van der Waals surface area contributed by atoms with Crippen molar-refractivity contribution < 1.29 is 4.79 Å². The third kappa shape index (κ3) is 3.82. The van der Waals surface area contributed by atoms with Crippen LogP contribution in [-0.4, -0.2) is 16.1 Å². The molecule has 5 nitrogen and oxygen atoms in total. The highest BCUT2D eigenvalue weighted by atomic mass is 16.1. The Morgan fingerprint density at radius 3 is 3.11 bits per heavy atom. The lowest BCUT2D eigenvalue weighted by molar-refractivity contribution is -0.116. The van der Waals surface area contributed by atoms with Crippen molar-refractivity contribution in [2.45, 2.75) is 6.54 Å². The van der Waals surface area contributed by atoms with Crippen molar-refractivity contribution in [1.29, 1.82) is 5.26 Å². The van der Waals surface area contributed by atoms with E-state index in [0.717, 1.165) is 11.3 Å². The summed E-state index contributed by atoms with van der Waals surface area (Å²) in [5.74, 6) is -0.197. The number of hydrogen-bond donors (Lipinski definition) is 2. The second-order valence-electron chi connectivity index (χ2n) is 3.87. The van der Waals surface area contributed by atoms with Crippen molar-refractivity contribution in [2.24, 2.45) is 0 Å². The number of benzene rings is 1. The number of hydrogen-bond acceptors (Lipinski definition) is 3. The number of H-pyrrole nitrogens is 1. The third-order valence-electron chi connectivity index (χ3n) is 2.45. The molecule has 0 aliphatic carbocycles. The first-order chi connectivity index (χ1) is 9.28. The number of nitriles is 1. The minimum Gasteiger partial charge on any atom is -0.347 e. The molecule has 0 aliphatic rings. The van der Waals surface area contributed by atoms with Crippen LogP contribution >= 0.6 is 0 Å². The molecule has 0 atom stereocenters. The molecule has 0 radical (unpaired) electrons. The van der Waals surface area contributed by atoms with Crippen LogP contribution < -0.4 is 5.32 Å². The van der Waals surface area contributed by atoms with Gasteiger partial charge in [-0.1, -0.05) is 12.1 Å². The lowest BCUT2D eigenvalue weighted by Crippen LogP contribution is -2.20. The van der Waals surface area contributed by atoms with Crippen molar-refractivity contribution in [1.82, 2.24) is 15.5 Å². The summed E-state index contributed by atoms with van der Waals surface area (Å²) in [4.78, 5) is 11.6. The number of nitrogens with one attached hydrogen (secondary N) is 2. The molecule has 0 fully saturated rings. The van der Waals surface area contributed by atoms with Crippen LogP contribution in [0.2, 0.25) is 0 Å². The Balaban J connectivity index is 1.91. The second-order valence-corrected chi connectivity index (χ2v) is 3.87. The van der Waals surface area contributed by atoms with Crippen LogP contribution in [0.3, 0.4) is 0 Å². The Morgan fingerprint density at radius 2 is 2.37 bits per heavy atom. The number of aromatic nitrogens is 2. The zero-order valence-electron chi connectivity index (χ0n) is 10.1. The van der Waals surface area contributed by atoms with Crippen LogP contribution in [0, 0.1) is 11.3 Å². The predicted octanol–water partition coefficient (Wildman–Crippen LogP) is 1.61. The Kier molecular flexibility index (Phi) is 4.09. The quantitative estimate of drug-likeness (QED) is 0.811. The maximum Gasteiger partial charge on any atom is 0.244 e. The van der Waals surface area contributed by atoms with Gasteiger partial charge in [-0.15, -0.1) is 0 Å². The molecule has 0 saturated heterocycles. The van der Waals surface area contributed by atoms with Crippen molar-refractivity contribution in [3.05, 3.63) is 59.4 Å². The largest absolute Gasteiger partial charge is 0.347 e. The highest BCUT2D eigenvalue weighted by molar-refractivity contribution is 5.91. The van der Waals surface area contributed by atoms with Gasteiger partial charge in [0, 0.05) is 12.3 Å².